The molecule has 0 aliphatic rings. The van der Waals surface area contributed by atoms with E-state index in [2.05, 4.69) is 30.4 Å². The van der Waals surface area contributed by atoms with Crippen LogP contribution in [0, 0.1) is 13.8 Å². The van der Waals surface area contributed by atoms with Gasteiger partial charge in [-0.25, -0.2) is 5.43 Å². The molecule has 0 heterocycles. The lowest BCUT2D eigenvalue weighted by molar-refractivity contribution is 0.0955. The fourth-order valence-electron chi connectivity index (χ4n) is 3.01. The molecule has 0 aliphatic carbocycles. The third-order valence-corrected chi connectivity index (χ3v) is 4.96. The first-order valence-corrected chi connectivity index (χ1v) is 10.5. The zero-order chi connectivity index (χ0) is 22.8. The Kier molecular flexibility index (Phi) is 8.26. The highest BCUT2D eigenvalue weighted by Gasteiger charge is 2.07. The Morgan fingerprint density at radius 1 is 0.906 bits per heavy atom. The van der Waals surface area contributed by atoms with Crippen molar-refractivity contribution in [2.24, 2.45) is 5.10 Å². The van der Waals surface area contributed by atoms with Crippen LogP contribution in [-0.2, 0) is 0 Å². The van der Waals surface area contributed by atoms with Crippen molar-refractivity contribution in [3.8, 4) is 17.2 Å². The predicted molar refractivity (Wildman–Crippen MR) is 126 cm³/mol. The molecule has 0 saturated heterocycles. The molecule has 0 aromatic heterocycles. The molecule has 1 N–H and O–H groups in total. The largest absolute Gasteiger partial charge is 0.493 e. The van der Waals surface area contributed by atoms with Crippen molar-refractivity contribution in [1.82, 2.24) is 5.43 Å². The molecule has 0 aliphatic heterocycles. The number of aryl methyl sites for hydroxylation is 1. The number of carbonyl (C=O) groups is 1. The first-order valence-electron chi connectivity index (χ1n) is 10.5. The van der Waals surface area contributed by atoms with Gasteiger partial charge in [0.2, 0.25) is 0 Å². The molecule has 166 valence electrons. The Hall–Kier alpha value is -3.80. The minimum atomic E-state index is -0.267. The molecule has 0 atom stereocenters. The van der Waals surface area contributed by atoms with Gasteiger partial charge in [-0.2, -0.15) is 5.10 Å². The molecule has 3 aromatic rings. The van der Waals surface area contributed by atoms with Gasteiger partial charge in [0.15, 0.2) is 11.5 Å². The van der Waals surface area contributed by atoms with E-state index in [1.54, 1.807) is 43.7 Å². The second-order valence-corrected chi connectivity index (χ2v) is 7.22. The smallest absolute Gasteiger partial charge is 0.271 e. The van der Waals surface area contributed by atoms with Gasteiger partial charge in [0.05, 0.1) is 26.5 Å². The molecule has 3 rings (SSSR count). The van der Waals surface area contributed by atoms with Crippen LogP contribution in [0.15, 0.2) is 71.8 Å². The summed E-state index contributed by atoms with van der Waals surface area (Å²) in [5.74, 6) is 1.88. The monoisotopic (exact) mass is 432 g/mol. The number of ether oxygens (including phenoxy) is 3. The first-order chi connectivity index (χ1) is 15.6. The lowest BCUT2D eigenvalue weighted by atomic mass is 10.1. The van der Waals surface area contributed by atoms with Gasteiger partial charge in [-0.15, -0.1) is 0 Å². The van der Waals surface area contributed by atoms with Crippen LogP contribution in [0.5, 0.6) is 17.2 Å². The Morgan fingerprint density at radius 2 is 1.66 bits per heavy atom. The Morgan fingerprint density at radius 3 is 2.41 bits per heavy atom. The standard InChI is InChI=1S/C26H28N2O4/c1-19-9-7-12-23(20(19)2)31-15-8-16-32-24-14-13-21(17-25(24)30-3)18-27-28-26(29)22-10-5-4-6-11-22/h4-7,9-14,17-18H,8,15-16H2,1-3H3,(H,28,29)/b27-18+. The van der Waals surface area contributed by atoms with Crippen LogP contribution < -0.4 is 19.6 Å². The number of amides is 1. The lowest BCUT2D eigenvalue weighted by Gasteiger charge is -2.13. The number of methoxy groups -OCH3 is 1. The zero-order valence-electron chi connectivity index (χ0n) is 18.6. The topological polar surface area (TPSA) is 69.2 Å². The molecule has 3 aromatic carbocycles. The van der Waals surface area contributed by atoms with Crippen LogP contribution in [0.25, 0.3) is 0 Å². The molecule has 6 nitrogen and oxygen atoms in total. The van der Waals surface area contributed by atoms with Crippen LogP contribution in [0.4, 0.5) is 0 Å². The molecule has 0 fully saturated rings. The number of carbonyl (C=O) groups excluding carboxylic acids is 1. The highest BCUT2D eigenvalue weighted by molar-refractivity contribution is 5.94. The Labute approximate surface area is 188 Å². The number of benzene rings is 3. The van der Waals surface area contributed by atoms with E-state index < -0.39 is 0 Å². The van der Waals surface area contributed by atoms with Crippen LogP contribution in [0.3, 0.4) is 0 Å². The summed E-state index contributed by atoms with van der Waals surface area (Å²) >= 11 is 0. The van der Waals surface area contributed by atoms with Crippen molar-refractivity contribution < 1.29 is 19.0 Å². The number of hydrogen-bond donors (Lipinski definition) is 1. The SMILES string of the molecule is COc1cc(/C=N/NC(=O)c2ccccc2)ccc1OCCCOc1cccc(C)c1C. The maximum absolute atomic E-state index is 12.0. The van der Waals surface area contributed by atoms with E-state index >= 15 is 0 Å². The van der Waals surface area contributed by atoms with Crippen molar-refractivity contribution >= 4 is 12.1 Å². The van der Waals surface area contributed by atoms with E-state index in [1.165, 1.54) is 5.56 Å². The summed E-state index contributed by atoms with van der Waals surface area (Å²) in [4.78, 5) is 12.0. The van der Waals surface area contributed by atoms with Crippen molar-refractivity contribution in [2.75, 3.05) is 20.3 Å². The first kappa shape index (κ1) is 22.9. The van der Waals surface area contributed by atoms with Gasteiger partial charge >= 0.3 is 0 Å². The fraction of sp³-hybridized carbons (Fsp3) is 0.231. The summed E-state index contributed by atoms with van der Waals surface area (Å²) in [6, 6.07) is 20.5. The molecule has 6 heteroatoms. The maximum atomic E-state index is 12.0. The van der Waals surface area contributed by atoms with Gasteiger partial charge in [0.25, 0.3) is 5.91 Å². The third kappa shape index (κ3) is 6.35. The third-order valence-electron chi connectivity index (χ3n) is 4.96. The van der Waals surface area contributed by atoms with E-state index in [0.29, 0.717) is 30.3 Å². The van der Waals surface area contributed by atoms with Gasteiger partial charge < -0.3 is 14.2 Å². The van der Waals surface area contributed by atoms with Crippen molar-refractivity contribution in [2.45, 2.75) is 20.3 Å². The minimum absolute atomic E-state index is 0.267. The molecule has 0 saturated carbocycles. The molecule has 0 bridgehead atoms. The summed E-state index contributed by atoms with van der Waals surface area (Å²) in [6.45, 7) is 5.20. The van der Waals surface area contributed by atoms with Gasteiger partial charge in [-0.1, -0.05) is 30.3 Å². The molecule has 32 heavy (non-hydrogen) atoms. The summed E-state index contributed by atoms with van der Waals surface area (Å²) in [7, 11) is 1.59. The number of nitrogens with zero attached hydrogens (tertiary/aromatic N) is 1. The normalized spacial score (nSPS) is 10.7. The highest BCUT2D eigenvalue weighted by atomic mass is 16.5. The maximum Gasteiger partial charge on any atom is 0.271 e. The van der Waals surface area contributed by atoms with Crippen LogP contribution >= 0.6 is 0 Å². The number of hydrazone groups is 1. The zero-order valence-corrected chi connectivity index (χ0v) is 18.6. The van der Waals surface area contributed by atoms with E-state index in [0.717, 1.165) is 23.3 Å². The van der Waals surface area contributed by atoms with E-state index in [1.807, 2.05) is 30.3 Å². The summed E-state index contributed by atoms with van der Waals surface area (Å²) in [5, 5.41) is 4.01. The average Bonchev–Trinajstić information content (AvgIpc) is 2.82. The fourth-order valence-corrected chi connectivity index (χ4v) is 3.01. The van der Waals surface area contributed by atoms with E-state index in [-0.39, 0.29) is 5.91 Å². The second-order valence-electron chi connectivity index (χ2n) is 7.22. The lowest BCUT2D eigenvalue weighted by Crippen LogP contribution is -2.17. The minimum Gasteiger partial charge on any atom is -0.493 e. The molecular formula is C26H28N2O4. The van der Waals surface area contributed by atoms with Gasteiger partial charge in [0.1, 0.15) is 5.75 Å². The van der Waals surface area contributed by atoms with Gasteiger partial charge in [-0.3, -0.25) is 4.79 Å². The van der Waals surface area contributed by atoms with Crippen LogP contribution in [0.1, 0.15) is 33.5 Å². The number of rotatable bonds is 10. The summed E-state index contributed by atoms with van der Waals surface area (Å²) in [5.41, 5.74) is 6.21. The van der Waals surface area contributed by atoms with Gasteiger partial charge in [0, 0.05) is 12.0 Å². The molecular weight excluding hydrogens is 404 g/mol. The number of nitrogens with one attached hydrogen (secondary N) is 1. The molecule has 0 spiro atoms. The molecule has 0 radical (unpaired) electrons. The van der Waals surface area contributed by atoms with E-state index in [4.69, 9.17) is 14.2 Å². The van der Waals surface area contributed by atoms with Crippen molar-refractivity contribution in [1.29, 1.82) is 0 Å². The summed E-state index contributed by atoms with van der Waals surface area (Å²) < 4.78 is 17.2. The second kappa shape index (κ2) is 11.6. The average molecular weight is 433 g/mol. The van der Waals surface area contributed by atoms with Crippen molar-refractivity contribution in [3.05, 3.63) is 89.0 Å². The van der Waals surface area contributed by atoms with E-state index in [9.17, 15) is 4.79 Å². The van der Waals surface area contributed by atoms with Gasteiger partial charge in [-0.05, 0) is 66.9 Å². The summed E-state index contributed by atoms with van der Waals surface area (Å²) in [6.07, 6.45) is 2.30. The molecule has 0 unspecified atom stereocenters. The van der Waals surface area contributed by atoms with Crippen molar-refractivity contribution in [3.63, 3.8) is 0 Å². The quantitative estimate of drug-likeness (QED) is 0.280. The van der Waals surface area contributed by atoms with Crippen LogP contribution in [0.2, 0.25) is 0 Å². The predicted octanol–water partition coefficient (Wildman–Crippen LogP) is 4.92. The molecule has 1 amide bonds. The van der Waals surface area contributed by atoms with Crippen LogP contribution in [-0.4, -0.2) is 32.4 Å². The number of hydrogen-bond acceptors (Lipinski definition) is 5. The highest BCUT2D eigenvalue weighted by Crippen LogP contribution is 2.28. The Balaban J connectivity index is 1.48. The Bertz CT molecular complexity index is 1060.